The van der Waals surface area contributed by atoms with Gasteiger partial charge in [-0.2, -0.15) is 0 Å². The number of hydrazine groups is 1. The van der Waals surface area contributed by atoms with Crippen LogP contribution in [0.5, 0.6) is 0 Å². The first-order chi connectivity index (χ1) is 7.69. The van der Waals surface area contributed by atoms with E-state index < -0.39 is 0 Å². The van der Waals surface area contributed by atoms with Crippen molar-refractivity contribution in [1.29, 1.82) is 0 Å². The number of nitrogens with zero attached hydrogens (tertiary/aromatic N) is 4. The molecular formula is C10H14N6. The van der Waals surface area contributed by atoms with Crippen LogP contribution in [0.25, 0.3) is 0 Å². The van der Waals surface area contributed by atoms with Gasteiger partial charge in [0.05, 0.1) is 6.54 Å². The Hall–Kier alpha value is -1.95. The first-order valence-electron chi connectivity index (χ1n) is 4.98. The lowest BCUT2D eigenvalue weighted by atomic mass is 10.4. The van der Waals surface area contributed by atoms with Gasteiger partial charge in [0.2, 0.25) is 0 Å². The number of anilines is 1. The molecule has 0 aliphatic heterocycles. The Morgan fingerprint density at radius 3 is 2.81 bits per heavy atom. The van der Waals surface area contributed by atoms with Crippen LogP contribution in [0.3, 0.4) is 0 Å². The standard InChI is InChI=1S/C10H14N6/c1-7-5-9(15-11)14-10(13-7)6-16-4-3-12-8(16)2/h3-5H,6,11H2,1-2H3,(H,13,14,15). The molecule has 6 nitrogen and oxygen atoms in total. The van der Waals surface area contributed by atoms with Gasteiger partial charge < -0.3 is 9.99 Å². The van der Waals surface area contributed by atoms with E-state index in [9.17, 15) is 0 Å². The highest BCUT2D eigenvalue weighted by Crippen LogP contribution is 2.06. The van der Waals surface area contributed by atoms with Crippen molar-refractivity contribution in [2.24, 2.45) is 5.84 Å². The molecular weight excluding hydrogens is 204 g/mol. The zero-order valence-electron chi connectivity index (χ0n) is 9.31. The lowest BCUT2D eigenvalue weighted by Crippen LogP contribution is -2.12. The minimum atomic E-state index is 0.599. The minimum absolute atomic E-state index is 0.599. The first kappa shape index (κ1) is 10.6. The summed E-state index contributed by atoms with van der Waals surface area (Å²) in [4.78, 5) is 12.8. The summed E-state index contributed by atoms with van der Waals surface area (Å²) in [5.41, 5.74) is 3.41. The molecule has 0 unspecified atom stereocenters. The molecule has 0 radical (unpaired) electrons. The van der Waals surface area contributed by atoms with Crippen molar-refractivity contribution in [2.75, 3.05) is 5.43 Å². The van der Waals surface area contributed by atoms with E-state index in [4.69, 9.17) is 5.84 Å². The van der Waals surface area contributed by atoms with E-state index in [2.05, 4.69) is 20.4 Å². The Kier molecular flexibility index (Phi) is 2.82. The van der Waals surface area contributed by atoms with Gasteiger partial charge in [0.1, 0.15) is 11.6 Å². The average Bonchev–Trinajstić information content (AvgIpc) is 2.63. The van der Waals surface area contributed by atoms with Crippen molar-refractivity contribution in [2.45, 2.75) is 20.4 Å². The third-order valence-electron chi connectivity index (χ3n) is 2.28. The maximum Gasteiger partial charge on any atom is 0.150 e. The molecule has 2 aromatic rings. The Labute approximate surface area is 93.5 Å². The zero-order chi connectivity index (χ0) is 11.5. The number of hydrogen-bond acceptors (Lipinski definition) is 5. The highest BCUT2D eigenvalue weighted by molar-refractivity contribution is 5.33. The second kappa shape index (κ2) is 4.28. The van der Waals surface area contributed by atoms with Gasteiger partial charge in [0.15, 0.2) is 5.82 Å². The Morgan fingerprint density at radius 1 is 1.38 bits per heavy atom. The highest BCUT2D eigenvalue weighted by Gasteiger charge is 2.04. The van der Waals surface area contributed by atoms with Crippen molar-refractivity contribution in [3.63, 3.8) is 0 Å². The third-order valence-corrected chi connectivity index (χ3v) is 2.28. The van der Waals surface area contributed by atoms with Gasteiger partial charge in [0.25, 0.3) is 0 Å². The van der Waals surface area contributed by atoms with Crippen molar-refractivity contribution in [3.05, 3.63) is 35.8 Å². The van der Waals surface area contributed by atoms with E-state index in [-0.39, 0.29) is 0 Å². The fourth-order valence-corrected chi connectivity index (χ4v) is 1.50. The van der Waals surface area contributed by atoms with Crippen molar-refractivity contribution >= 4 is 5.82 Å². The van der Waals surface area contributed by atoms with Crippen LogP contribution in [0, 0.1) is 13.8 Å². The Balaban J connectivity index is 2.28. The summed E-state index contributed by atoms with van der Waals surface area (Å²) in [6.07, 6.45) is 3.66. The number of imidazole rings is 1. The van der Waals surface area contributed by atoms with Crippen LogP contribution in [0.4, 0.5) is 5.82 Å². The monoisotopic (exact) mass is 218 g/mol. The van der Waals surface area contributed by atoms with E-state index >= 15 is 0 Å². The van der Waals surface area contributed by atoms with E-state index in [1.54, 1.807) is 12.3 Å². The Morgan fingerprint density at radius 2 is 2.19 bits per heavy atom. The topological polar surface area (TPSA) is 81.6 Å². The molecule has 0 fully saturated rings. The molecule has 3 N–H and O–H groups in total. The number of aryl methyl sites for hydroxylation is 2. The molecule has 0 amide bonds. The highest BCUT2D eigenvalue weighted by atomic mass is 15.3. The van der Waals surface area contributed by atoms with Crippen LogP contribution in [-0.2, 0) is 6.54 Å². The molecule has 0 aromatic carbocycles. The molecule has 2 heterocycles. The lowest BCUT2D eigenvalue weighted by molar-refractivity contribution is 0.714. The SMILES string of the molecule is Cc1cc(NN)nc(Cn2ccnc2C)n1. The lowest BCUT2D eigenvalue weighted by Gasteiger charge is -2.07. The second-order valence-corrected chi connectivity index (χ2v) is 3.56. The van der Waals surface area contributed by atoms with Crippen LogP contribution >= 0.6 is 0 Å². The third kappa shape index (κ3) is 2.17. The number of aromatic nitrogens is 4. The van der Waals surface area contributed by atoms with Crippen molar-refractivity contribution in [1.82, 2.24) is 19.5 Å². The summed E-state index contributed by atoms with van der Waals surface area (Å²) in [5, 5.41) is 0. The van der Waals surface area contributed by atoms with Gasteiger partial charge in [-0.1, -0.05) is 0 Å². The van der Waals surface area contributed by atoms with Gasteiger partial charge >= 0.3 is 0 Å². The van der Waals surface area contributed by atoms with Crippen LogP contribution in [0.1, 0.15) is 17.3 Å². The van der Waals surface area contributed by atoms with Crippen LogP contribution in [-0.4, -0.2) is 19.5 Å². The van der Waals surface area contributed by atoms with Gasteiger partial charge in [0, 0.05) is 24.2 Å². The summed E-state index contributed by atoms with van der Waals surface area (Å²) in [6.45, 7) is 4.45. The normalized spacial score (nSPS) is 10.4. The number of nitrogens with one attached hydrogen (secondary N) is 1. The van der Waals surface area contributed by atoms with E-state index in [0.29, 0.717) is 18.2 Å². The molecule has 0 aliphatic rings. The summed E-state index contributed by atoms with van der Waals surface area (Å²) in [5.74, 6) is 7.61. The molecule has 2 rings (SSSR count). The van der Waals surface area contributed by atoms with Crippen LogP contribution < -0.4 is 11.3 Å². The van der Waals surface area contributed by atoms with E-state index in [0.717, 1.165) is 11.5 Å². The van der Waals surface area contributed by atoms with E-state index in [1.165, 1.54) is 0 Å². The predicted octanol–water partition coefficient (Wildman–Crippen LogP) is 0.624. The van der Waals surface area contributed by atoms with Gasteiger partial charge in [-0.05, 0) is 13.8 Å². The van der Waals surface area contributed by atoms with E-state index in [1.807, 2.05) is 24.6 Å². The zero-order valence-corrected chi connectivity index (χ0v) is 9.31. The molecule has 0 aliphatic carbocycles. The molecule has 0 bridgehead atoms. The molecule has 0 atom stereocenters. The molecule has 0 saturated carbocycles. The summed E-state index contributed by atoms with van der Waals surface area (Å²) < 4.78 is 1.98. The maximum atomic E-state index is 5.33. The van der Waals surface area contributed by atoms with Gasteiger partial charge in [-0.25, -0.2) is 20.8 Å². The van der Waals surface area contributed by atoms with Crippen molar-refractivity contribution in [3.8, 4) is 0 Å². The maximum absolute atomic E-state index is 5.33. The van der Waals surface area contributed by atoms with Crippen molar-refractivity contribution < 1.29 is 0 Å². The summed E-state index contributed by atoms with van der Waals surface area (Å²) in [7, 11) is 0. The fourth-order valence-electron chi connectivity index (χ4n) is 1.50. The average molecular weight is 218 g/mol. The first-order valence-corrected chi connectivity index (χ1v) is 4.98. The second-order valence-electron chi connectivity index (χ2n) is 3.56. The predicted molar refractivity (Wildman–Crippen MR) is 60.6 cm³/mol. The fraction of sp³-hybridized carbons (Fsp3) is 0.300. The van der Waals surface area contributed by atoms with Gasteiger partial charge in [-0.15, -0.1) is 0 Å². The molecule has 6 heteroatoms. The Bertz CT molecular complexity index is 490. The minimum Gasteiger partial charge on any atom is -0.328 e. The molecule has 16 heavy (non-hydrogen) atoms. The summed E-state index contributed by atoms with van der Waals surface area (Å²) in [6, 6.07) is 1.80. The molecule has 0 saturated heterocycles. The molecule has 0 spiro atoms. The summed E-state index contributed by atoms with van der Waals surface area (Å²) >= 11 is 0. The smallest absolute Gasteiger partial charge is 0.150 e. The number of nitrogens with two attached hydrogens (primary N) is 1. The van der Waals surface area contributed by atoms with Crippen LogP contribution in [0.2, 0.25) is 0 Å². The molecule has 2 aromatic heterocycles. The van der Waals surface area contributed by atoms with Crippen LogP contribution in [0.15, 0.2) is 18.5 Å². The number of rotatable bonds is 3. The largest absolute Gasteiger partial charge is 0.328 e. The number of nitrogen functional groups attached to an aromatic ring is 1. The van der Waals surface area contributed by atoms with Gasteiger partial charge in [-0.3, -0.25) is 0 Å². The number of hydrogen-bond donors (Lipinski definition) is 2. The quantitative estimate of drug-likeness (QED) is 0.583. The molecule has 84 valence electrons.